The van der Waals surface area contributed by atoms with Gasteiger partial charge in [-0.05, 0) is 29.3 Å². The van der Waals surface area contributed by atoms with Crippen LogP contribution in [0.4, 0.5) is 11.4 Å². The molecule has 6 heteroatoms. The van der Waals surface area contributed by atoms with Gasteiger partial charge in [-0.2, -0.15) is 0 Å². The van der Waals surface area contributed by atoms with Crippen LogP contribution in [0.2, 0.25) is 0 Å². The second-order valence-electron chi connectivity index (χ2n) is 7.26. The van der Waals surface area contributed by atoms with Crippen molar-refractivity contribution >= 4 is 17.3 Å². The van der Waals surface area contributed by atoms with Crippen molar-refractivity contribution in [3.63, 3.8) is 0 Å². The van der Waals surface area contributed by atoms with Gasteiger partial charge >= 0.3 is 0 Å². The van der Waals surface area contributed by atoms with Gasteiger partial charge in [-0.3, -0.25) is 4.79 Å². The second kappa shape index (κ2) is 8.20. The van der Waals surface area contributed by atoms with Crippen LogP contribution in [-0.2, 0) is 22.5 Å². The highest BCUT2D eigenvalue weighted by Crippen LogP contribution is 2.32. The molecule has 6 nitrogen and oxygen atoms in total. The van der Waals surface area contributed by atoms with E-state index in [4.69, 9.17) is 9.47 Å². The third-order valence-corrected chi connectivity index (χ3v) is 5.52. The SMILES string of the molecule is COc1cc(CN2C(=O)C(OC)Cc3ccccc32)cc(N2CCNCC2)c1. The summed E-state index contributed by atoms with van der Waals surface area (Å²) >= 11 is 0. The highest BCUT2D eigenvalue weighted by atomic mass is 16.5. The number of fused-ring (bicyclic) bond motifs is 1. The van der Waals surface area contributed by atoms with Crippen molar-refractivity contribution in [2.75, 3.05) is 50.2 Å². The molecule has 0 radical (unpaired) electrons. The maximum Gasteiger partial charge on any atom is 0.256 e. The highest BCUT2D eigenvalue weighted by Gasteiger charge is 2.32. The Kier molecular flexibility index (Phi) is 5.50. The van der Waals surface area contributed by atoms with E-state index >= 15 is 0 Å². The lowest BCUT2D eigenvalue weighted by atomic mass is 9.98. The molecule has 2 aromatic carbocycles. The van der Waals surface area contributed by atoms with Crippen molar-refractivity contribution in [2.45, 2.75) is 19.1 Å². The molecule has 0 spiro atoms. The predicted octanol–water partition coefficient (Wildman–Crippen LogP) is 2.21. The van der Waals surface area contributed by atoms with Gasteiger partial charge in [0.1, 0.15) is 11.9 Å². The van der Waals surface area contributed by atoms with E-state index in [0.717, 1.165) is 54.4 Å². The fourth-order valence-corrected chi connectivity index (χ4v) is 4.01. The van der Waals surface area contributed by atoms with Crippen LogP contribution in [0, 0.1) is 0 Å². The molecule has 1 fully saturated rings. The molecule has 28 heavy (non-hydrogen) atoms. The number of ether oxygens (including phenoxy) is 2. The lowest BCUT2D eigenvalue weighted by Crippen LogP contribution is -2.45. The number of hydrogen-bond donors (Lipinski definition) is 1. The van der Waals surface area contributed by atoms with Crippen LogP contribution in [0.3, 0.4) is 0 Å². The summed E-state index contributed by atoms with van der Waals surface area (Å²) in [6.07, 6.45) is 0.180. The van der Waals surface area contributed by atoms with Crippen molar-refractivity contribution < 1.29 is 14.3 Å². The number of amides is 1. The number of carbonyl (C=O) groups is 1. The zero-order chi connectivity index (χ0) is 19.5. The summed E-state index contributed by atoms with van der Waals surface area (Å²) in [4.78, 5) is 17.2. The van der Waals surface area contributed by atoms with Gasteiger partial charge in [0.25, 0.3) is 5.91 Å². The first-order valence-electron chi connectivity index (χ1n) is 9.75. The van der Waals surface area contributed by atoms with Crippen molar-refractivity contribution in [1.29, 1.82) is 0 Å². The summed E-state index contributed by atoms with van der Waals surface area (Å²) in [5.74, 6) is 0.819. The lowest BCUT2D eigenvalue weighted by molar-refractivity contribution is -0.129. The Labute approximate surface area is 166 Å². The van der Waals surface area contributed by atoms with Gasteiger partial charge in [0.15, 0.2) is 0 Å². The van der Waals surface area contributed by atoms with Crippen LogP contribution < -0.4 is 19.9 Å². The largest absolute Gasteiger partial charge is 0.497 e. The van der Waals surface area contributed by atoms with E-state index < -0.39 is 6.10 Å². The summed E-state index contributed by atoms with van der Waals surface area (Å²) in [6, 6.07) is 14.3. The molecule has 2 aliphatic rings. The number of para-hydroxylation sites is 1. The van der Waals surface area contributed by atoms with Crippen LogP contribution in [0.15, 0.2) is 42.5 Å². The van der Waals surface area contributed by atoms with Crippen LogP contribution in [0.1, 0.15) is 11.1 Å². The molecule has 0 saturated carbocycles. The summed E-state index contributed by atoms with van der Waals surface area (Å²) in [5, 5.41) is 3.38. The number of benzene rings is 2. The van der Waals surface area contributed by atoms with Gasteiger partial charge in [0.05, 0.1) is 13.7 Å². The first-order chi connectivity index (χ1) is 13.7. The van der Waals surface area contributed by atoms with Gasteiger partial charge in [-0.15, -0.1) is 0 Å². The fourth-order valence-electron chi connectivity index (χ4n) is 4.01. The Morgan fingerprint density at radius 3 is 2.64 bits per heavy atom. The molecule has 1 saturated heterocycles. The molecule has 1 N–H and O–H groups in total. The summed E-state index contributed by atoms with van der Waals surface area (Å²) in [5.41, 5.74) is 4.29. The fraction of sp³-hybridized carbons (Fsp3) is 0.409. The minimum Gasteiger partial charge on any atom is -0.497 e. The maximum absolute atomic E-state index is 13.0. The van der Waals surface area contributed by atoms with Crippen molar-refractivity contribution in [2.24, 2.45) is 0 Å². The van der Waals surface area contributed by atoms with Crippen LogP contribution in [0.5, 0.6) is 5.75 Å². The number of nitrogens with one attached hydrogen (secondary N) is 1. The second-order valence-corrected chi connectivity index (χ2v) is 7.26. The molecule has 2 aromatic rings. The number of anilines is 2. The summed E-state index contributed by atoms with van der Waals surface area (Å²) < 4.78 is 11.0. The Hall–Kier alpha value is -2.57. The van der Waals surface area contributed by atoms with Crippen molar-refractivity contribution in [3.8, 4) is 5.75 Å². The van der Waals surface area contributed by atoms with E-state index in [0.29, 0.717) is 13.0 Å². The molecule has 148 valence electrons. The third kappa shape index (κ3) is 3.70. The number of carbonyl (C=O) groups excluding carboxylic acids is 1. The van der Waals surface area contributed by atoms with E-state index in [1.54, 1.807) is 14.2 Å². The standard InChI is InChI=1S/C22H27N3O3/c1-27-19-12-16(11-18(14-19)24-9-7-23-8-10-24)15-25-20-6-4-3-5-17(20)13-21(28-2)22(25)26/h3-6,11-12,14,21,23H,7-10,13,15H2,1-2H3. The Bertz CT molecular complexity index is 849. The number of rotatable bonds is 5. The molecular weight excluding hydrogens is 354 g/mol. The van der Waals surface area contributed by atoms with E-state index in [1.165, 1.54) is 0 Å². The molecule has 1 amide bonds. The van der Waals surface area contributed by atoms with Gasteiger partial charge in [-0.1, -0.05) is 18.2 Å². The molecule has 2 heterocycles. The van der Waals surface area contributed by atoms with Gasteiger partial charge in [0.2, 0.25) is 0 Å². The molecular formula is C22H27N3O3. The van der Waals surface area contributed by atoms with E-state index in [2.05, 4.69) is 28.4 Å². The summed E-state index contributed by atoms with van der Waals surface area (Å²) in [7, 11) is 3.28. The lowest BCUT2D eigenvalue weighted by Gasteiger charge is -2.34. The molecule has 1 unspecified atom stereocenters. The Balaban J connectivity index is 1.66. The summed E-state index contributed by atoms with van der Waals surface area (Å²) in [6.45, 7) is 4.36. The van der Waals surface area contributed by atoms with Crippen LogP contribution >= 0.6 is 0 Å². The predicted molar refractivity (Wildman–Crippen MR) is 110 cm³/mol. The molecule has 0 bridgehead atoms. The smallest absolute Gasteiger partial charge is 0.256 e. The number of hydrogen-bond acceptors (Lipinski definition) is 5. The number of piperazine rings is 1. The molecule has 2 aliphatic heterocycles. The first-order valence-corrected chi connectivity index (χ1v) is 9.75. The normalized spacial score (nSPS) is 19.5. The molecule has 0 aromatic heterocycles. The number of methoxy groups -OCH3 is 2. The molecule has 0 aliphatic carbocycles. The Morgan fingerprint density at radius 2 is 1.89 bits per heavy atom. The van der Waals surface area contributed by atoms with Crippen molar-refractivity contribution in [1.82, 2.24) is 5.32 Å². The van der Waals surface area contributed by atoms with Gasteiger partial charge in [0, 0.05) is 57.2 Å². The zero-order valence-corrected chi connectivity index (χ0v) is 16.5. The average molecular weight is 381 g/mol. The topological polar surface area (TPSA) is 54.0 Å². The third-order valence-electron chi connectivity index (χ3n) is 5.52. The van der Waals surface area contributed by atoms with Gasteiger partial charge < -0.3 is 24.6 Å². The van der Waals surface area contributed by atoms with Crippen molar-refractivity contribution in [3.05, 3.63) is 53.6 Å². The zero-order valence-electron chi connectivity index (χ0n) is 16.5. The first kappa shape index (κ1) is 18.8. The Morgan fingerprint density at radius 1 is 1.11 bits per heavy atom. The van der Waals surface area contributed by atoms with E-state index in [9.17, 15) is 4.79 Å². The molecule has 1 atom stereocenters. The molecule has 4 rings (SSSR count). The average Bonchev–Trinajstić information content (AvgIpc) is 2.75. The number of nitrogens with zero attached hydrogens (tertiary/aromatic N) is 2. The highest BCUT2D eigenvalue weighted by molar-refractivity contribution is 5.99. The quantitative estimate of drug-likeness (QED) is 0.861. The van der Waals surface area contributed by atoms with E-state index in [-0.39, 0.29) is 5.91 Å². The van der Waals surface area contributed by atoms with Crippen LogP contribution in [0.25, 0.3) is 0 Å². The maximum atomic E-state index is 13.0. The monoisotopic (exact) mass is 381 g/mol. The minimum absolute atomic E-state index is 0.00717. The van der Waals surface area contributed by atoms with E-state index in [1.807, 2.05) is 29.2 Å². The minimum atomic E-state index is -0.437. The van der Waals surface area contributed by atoms with Crippen LogP contribution in [-0.4, -0.2) is 52.4 Å². The van der Waals surface area contributed by atoms with Gasteiger partial charge in [-0.25, -0.2) is 0 Å².